The minimum atomic E-state index is -2.32. The first-order chi connectivity index (χ1) is 18.2. The van der Waals surface area contributed by atoms with E-state index < -0.39 is 87.0 Å². The lowest BCUT2D eigenvalue weighted by Crippen LogP contribution is -2.80. The number of carbonyl (C=O) groups is 4. The molecular weight excluding hydrogens is 508 g/mol. The maximum absolute atomic E-state index is 14.1. The molecule has 0 aromatic carbocycles. The zero-order valence-corrected chi connectivity index (χ0v) is 22.7. The lowest BCUT2D eigenvalue weighted by molar-refractivity contribution is -0.303. The summed E-state index contributed by atoms with van der Waals surface area (Å²) in [7, 11) is 1.53. The van der Waals surface area contributed by atoms with E-state index in [9.17, 15) is 29.4 Å². The zero-order chi connectivity index (χ0) is 28.1. The summed E-state index contributed by atoms with van der Waals surface area (Å²) < 4.78 is 23.2. The molecule has 2 N–H and O–H groups in total. The molecule has 10 heteroatoms. The first-order valence-corrected chi connectivity index (χ1v) is 13.7. The molecule has 0 radical (unpaired) electrons. The summed E-state index contributed by atoms with van der Waals surface area (Å²) in [5.74, 6) is -6.13. The van der Waals surface area contributed by atoms with Gasteiger partial charge >= 0.3 is 17.9 Å². The molecular formula is C29H34O10. The van der Waals surface area contributed by atoms with Gasteiger partial charge in [0.15, 0.2) is 11.2 Å². The molecule has 0 aromatic rings. The maximum atomic E-state index is 14.1. The van der Waals surface area contributed by atoms with Gasteiger partial charge in [-0.15, -0.1) is 0 Å². The molecule has 12 atom stereocenters. The van der Waals surface area contributed by atoms with Crippen LogP contribution < -0.4 is 0 Å². The van der Waals surface area contributed by atoms with Crippen LogP contribution in [0.2, 0.25) is 0 Å². The van der Waals surface area contributed by atoms with E-state index in [0.29, 0.717) is 5.57 Å². The standard InChI is InChI=1S/C29H34O10/c1-13-20(31)37-19-12-24(13,2)21-28(35)17-7-6-14-10-15(36-5)11-18(30)25(14,3)16(17)8-9-27(34)22(32)38-26(19,4)29(21,27)39-23(28)33/h6-7,10,13,15-17,19,21,34-35H,8-9,11-12H2,1-5H3/t13-,15+,16+,17-,19+,21-,24-,25+,26+,27+,28+,29+/m1/s1. The van der Waals surface area contributed by atoms with E-state index in [4.69, 9.17) is 18.9 Å². The van der Waals surface area contributed by atoms with E-state index in [1.807, 2.05) is 6.08 Å². The van der Waals surface area contributed by atoms with Gasteiger partial charge in [-0.3, -0.25) is 9.59 Å². The molecule has 3 heterocycles. The highest BCUT2D eigenvalue weighted by Crippen LogP contribution is 2.74. The molecule has 0 unspecified atom stereocenters. The Morgan fingerprint density at radius 1 is 1.05 bits per heavy atom. The van der Waals surface area contributed by atoms with Crippen molar-refractivity contribution in [2.24, 2.45) is 34.5 Å². The van der Waals surface area contributed by atoms with Crippen molar-refractivity contribution >= 4 is 23.7 Å². The number of Topliss-reactive ketones (excluding diaryl/α,β-unsaturated/α-hetero) is 1. The molecule has 1 spiro atoms. The SMILES string of the molecule is CO[C@H]1C=C2C=C[C@@H]3[C@H](CC[C@]4(O)C(=O)O[C@@]5(C)[C@@H]6C[C@](C)([C@H](C)C(=O)O6)[C@@H]6[C@]3(O)C(=O)O[C@@]654)[C@@]2(C)C(=O)C1. The minimum absolute atomic E-state index is 0.108. The van der Waals surface area contributed by atoms with E-state index in [1.165, 1.54) is 14.0 Å². The summed E-state index contributed by atoms with van der Waals surface area (Å²) in [5.41, 5.74) is -9.80. The number of carbonyl (C=O) groups excluding carboxylic acids is 4. The van der Waals surface area contributed by atoms with Gasteiger partial charge in [0, 0.05) is 19.4 Å². The van der Waals surface area contributed by atoms with Crippen LogP contribution in [0.25, 0.3) is 0 Å². The van der Waals surface area contributed by atoms with Gasteiger partial charge in [-0.25, -0.2) is 9.59 Å². The zero-order valence-electron chi connectivity index (χ0n) is 22.7. The second-order valence-electron chi connectivity index (χ2n) is 13.4. The van der Waals surface area contributed by atoms with E-state index in [-0.39, 0.29) is 31.5 Å². The molecule has 5 fully saturated rings. The van der Waals surface area contributed by atoms with Gasteiger partial charge in [0.05, 0.1) is 23.4 Å². The molecule has 4 aliphatic carbocycles. The largest absolute Gasteiger partial charge is 0.458 e. The summed E-state index contributed by atoms with van der Waals surface area (Å²) >= 11 is 0. The number of fused-ring (bicyclic) bond motifs is 7. The monoisotopic (exact) mass is 542 g/mol. The van der Waals surface area contributed by atoms with Crippen LogP contribution in [0.15, 0.2) is 23.8 Å². The number of ketones is 1. The number of ether oxygens (including phenoxy) is 4. The van der Waals surface area contributed by atoms with Crippen LogP contribution in [0.5, 0.6) is 0 Å². The molecule has 0 aromatic heterocycles. The minimum Gasteiger partial charge on any atom is -0.458 e. The second kappa shape index (κ2) is 7.01. The molecule has 4 bridgehead atoms. The van der Waals surface area contributed by atoms with Crippen LogP contribution >= 0.6 is 0 Å². The highest BCUT2D eigenvalue weighted by atomic mass is 16.7. The molecule has 39 heavy (non-hydrogen) atoms. The summed E-state index contributed by atoms with van der Waals surface area (Å²) in [6, 6.07) is 0. The number of esters is 3. The van der Waals surface area contributed by atoms with Crippen LogP contribution in [0.3, 0.4) is 0 Å². The van der Waals surface area contributed by atoms with Crippen molar-refractivity contribution in [3.05, 3.63) is 23.8 Å². The van der Waals surface area contributed by atoms with Gasteiger partial charge in [-0.1, -0.05) is 32.1 Å². The number of rotatable bonds is 1. The Labute approximate surface area is 225 Å². The third-order valence-electron chi connectivity index (χ3n) is 12.1. The fourth-order valence-electron chi connectivity index (χ4n) is 9.81. The number of aliphatic hydroxyl groups is 2. The normalized spacial score (nSPS) is 56.7. The summed E-state index contributed by atoms with van der Waals surface area (Å²) in [4.78, 5) is 54.7. The first kappa shape index (κ1) is 25.4. The Morgan fingerprint density at radius 3 is 2.46 bits per heavy atom. The van der Waals surface area contributed by atoms with E-state index in [0.717, 1.165) is 0 Å². The molecule has 0 amide bonds. The van der Waals surface area contributed by atoms with Crippen molar-refractivity contribution in [1.82, 2.24) is 0 Å². The average Bonchev–Trinajstić information content (AvgIpc) is 3.23. The van der Waals surface area contributed by atoms with Gasteiger partial charge in [0.25, 0.3) is 0 Å². The molecule has 2 saturated carbocycles. The predicted molar refractivity (Wildman–Crippen MR) is 130 cm³/mol. The average molecular weight is 543 g/mol. The predicted octanol–water partition coefficient (Wildman–Crippen LogP) is 1.16. The van der Waals surface area contributed by atoms with Crippen molar-refractivity contribution < 1.29 is 48.3 Å². The number of hydrogen-bond acceptors (Lipinski definition) is 10. The summed E-state index contributed by atoms with van der Waals surface area (Å²) in [5, 5.41) is 25.2. The molecule has 210 valence electrons. The number of hydrogen-bond donors (Lipinski definition) is 2. The lowest BCUT2D eigenvalue weighted by atomic mass is 9.40. The Balaban J connectivity index is 1.53. The third kappa shape index (κ3) is 2.37. The quantitative estimate of drug-likeness (QED) is 0.366. The van der Waals surface area contributed by atoms with E-state index in [2.05, 4.69) is 0 Å². The molecule has 3 aliphatic heterocycles. The van der Waals surface area contributed by atoms with Gasteiger partial charge in [0.1, 0.15) is 11.9 Å². The van der Waals surface area contributed by atoms with Crippen molar-refractivity contribution in [3.8, 4) is 0 Å². The maximum Gasteiger partial charge on any atom is 0.343 e. The number of methoxy groups -OCH3 is 1. The van der Waals surface area contributed by atoms with Crippen LogP contribution in [0.1, 0.15) is 53.4 Å². The second-order valence-corrected chi connectivity index (χ2v) is 13.4. The van der Waals surface area contributed by atoms with Crippen LogP contribution in [-0.4, -0.2) is 75.6 Å². The van der Waals surface area contributed by atoms with Crippen molar-refractivity contribution in [2.75, 3.05) is 7.11 Å². The van der Waals surface area contributed by atoms with Crippen LogP contribution in [0, 0.1) is 34.5 Å². The highest BCUT2D eigenvalue weighted by Gasteiger charge is 2.93. The smallest absolute Gasteiger partial charge is 0.343 e. The van der Waals surface area contributed by atoms with Gasteiger partial charge in [0.2, 0.25) is 11.2 Å². The van der Waals surface area contributed by atoms with Crippen molar-refractivity contribution in [2.45, 2.75) is 88.0 Å². The van der Waals surface area contributed by atoms with E-state index in [1.54, 1.807) is 32.9 Å². The Bertz CT molecular complexity index is 1320. The first-order valence-electron chi connectivity index (χ1n) is 13.7. The topological polar surface area (TPSA) is 146 Å². The van der Waals surface area contributed by atoms with Crippen molar-refractivity contribution in [3.63, 3.8) is 0 Å². The van der Waals surface area contributed by atoms with E-state index >= 15 is 0 Å². The Kier molecular flexibility index (Phi) is 4.57. The van der Waals surface area contributed by atoms with Gasteiger partial charge < -0.3 is 29.2 Å². The molecule has 3 saturated heterocycles. The molecule has 7 aliphatic rings. The Morgan fingerprint density at radius 2 is 1.77 bits per heavy atom. The highest BCUT2D eigenvalue weighted by molar-refractivity contribution is 5.95. The van der Waals surface area contributed by atoms with Gasteiger partial charge in [-0.2, -0.15) is 0 Å². The lowest BCUT2D eigenvalue weighted by Gasteiger charge is -2.64. The fraction of sp³-hybridized carbons (Fsp3) is 0.724. The summed E-state index contributed by atoms with van der Waals surface area (Å²) in [6.07, 6.45) is 4.32. The Hall–Kier alpha value is -2.56. The van der Waals surface area contributed by atoms with Crippen molar-refractivity contribution in [1.29, 1.82) is 0 Å². The third-order valence-corrected chi connectivity index (χ3v) is 12.1. The molecule has 7 rings (SSSR count). The van der Waals surface area contributed by atoms with Gasteiger partial charge in [-0.05, 0) is 50.0 Å². The van der Waals surface area contributed by atoms with Crippen LogP contribution in [-0.2, 0) is 38.1 Å². The van der Waals surface area contributed by atoms with Crippen LogP contribution in [0.4, 0.5) is 0 Å². The summed E-state index contributed by atoms with van der Waals surface area (Å²) in [6.45, 7) is 6.79. The fourth-order valence-corrected chi connectivity index (χ4v) is 9.81. The number of allylic oxidation sites excluding steroid dienone is 2. The molecule has 10 nitrogen and oxygen atoms in total.